The summed E-state index contributed by atoms with van der Waals surface area (Å²) >= 11 is 1.56. The molecule has 3 rings (SSSR count). The Bertz CT molecular complexity index is 771. The fourth-order valence-corrected chi connectivity index (χ4v) is 3.56. The van der Waals surface area contributed by atoms with Crippen LogP contribution in [0.1, 0.15) is 17.0 Å². The number of nitrogens with one attached hydrogen (secondary N) is 1. The number of thiazole rings is 1. The van der Waals surface area contributed by atoms with Gasteiger partial charge in [0.1, 0.15) is 6.04 Å². The summed E-state index contributed by atoms with van der Waals surface area (Å²) in [6, 6.07) is 11.2. The van der Waals surface area contributed by atoms with Gasteiger partial charge >= 0.3 is 5.97 Å². The molecule has 0 fully saturated rings. The van der Waals surface area contributed by atoms with Gasteiger partial charge in [-0.2, -0.15) is 0 Å². The molecule has 0 spiro atoms. The van der Waals surface area contributed by atoms with Crippen molar-refractivity contribution in [3.63, 3.8) is 0 Å². The molecule has 0 saturated heterocycles. The quantitative estimate of drug-likeness (QED) is 0.616. The Kier molecular flexibility index (Phi) is 5.51. The molecule has 0 amide bonds. The predicted molar refractivity (Wildman–Crippen MR) is 95.3 cm³/mol. The molecule has 0 aliphatic heterocycles. The Balaban J connectivity index is 1.53. The topological polar surface area (TPSA) is 75.1 Å². The molecule has 5 nitrogen and oxygen atoms in total. The molecule has 1 aromatic carbocycles. The van der Waals surface area contributed by atoms with Crippen molar-refractivity contribution >= 4 is 27.5 Å². The third kappa shape index (κ3) is 4.37. The maximum atomic E-state index is 11.5. The summed E-state index contributed by atoms with van der Waals surface area (Å²) < 4.78 is 1.09. The first kappa shape index (κ1) is 16.5. The average molecular weight is 341 g/mol. The number of para-hydroxylation sites is 1. The number of aliphatic carboxylic acids is 1. The molecule has 2 aromatic heterocycles. The second-order valence-electron chi connectivity index (χ2n) is 5.59. The standard InChI is InChI=1S/C18H19N3O2S/c22-18(23)15(20-10-4-6-13-5-3-9-19-12-13)11-17-21-14-7-1-2-8-16(14)24-17/h1-3,5,7-9,12,15,20H,4,6,10-11H2,(H,22,23)/t15-/m0/s1. The lowest BCUT2D eigenvalue weighted by atomic mass is 10.1. The number of carbonyl (C=O) groups is 1. The van der Waals surface area contributed by atoms with E-state index in [1.165, 1.54) is 0 Å². The lowest BCUT2D eigenvalue weighted by Gasteiger charge is -2.13. The molecule has 0 unspecified atom stereocenters. The van der Waals surface area contributed by atoms with Gasteiger partial charge in [0, 0.05) is 18.8 Å². The number of nitrogens with zero attached hydrogens (tertiary/aromatic N) is 2. The molecule has 2 N–H and O–H groups in total. The van der Waals surface area contributed by atoms with Crippen molar-refractivity contribution in [2.75, 3.05) is 6.54 Å². The number of hydrogen-bond acceptors (Lipinski definition) is 5. The van der Waals surface area contributed by atoms with Crippen molar-refractivity contribution in [2.45, 2.75) is 25.3 Å². The van der Waals surface area contributed by atoms with Crippen LogP contribution in [0.2, 0.25) is 0 Å². The van der Waals surface area contributed by atoms with Crippen LogP contribution in [0.4, 0.5) is 0 Å². The zero-order chi connectivity index (χ0) is 16.8. The van der Waals surface area contributed by atoms with E-state index >= 15 is 0 Å². The van der Waals surface area contributed by atoms with Crippen LogP contribution in [0.15, 0.2) is 48.8 Å². The lowest BCUT2D eigenvalue weighted by Crippen LogP contribution is -2.39. The normalized spacial score (nSPS) is 12.3. The van der Waals surface area contributed by atoms with E-state index in [-0.39, 0.29) is 0 Å². The summed E-state index contributed by atoms with van der Waals surface area (Å²) in [5.41, 5.74) is 2.09. The van der Waals surface area contributed by atoms with E-state index in [2.05, 4.69) is 15.3 Å². The van der Waals surface area contributed by atoms with E-state index < -0.39 is 12.0 Å². The van der Waals surface area contributed by atoms with Crippen LogP contribution < -0.4 is 5.32 Å². The Hall–Kier alpha value is -2.31. The molecular weight excluding hydrogens is 322 g/mol. The number of aryl methyl sites for hydroxylation is 1. The fourth-order valence-electron chi connectivity index (χ4n) is 2.54. The first-order valence-electron chi connectivity index (χ1n) is 7.92. The van der Waals surface area contributed by atoms with Crippen molar-refractivity contribution in [2.24, 2.45) is 0 Å². The monoisotopic (exact) mass is 341 g/mol. The highest BCUT2D eigenvalue weighted by atomic mass is 32.1. The maximum Gasteiger partial charge on any atom is 0.321 e. The van der Waals surface area contributed by atoms with Crippen LogP contribution in [-0.2, 0) is 17.6 Å². The van der Waals surface area contributed by atoms with Crippen LogP contribution >= 0.6 is 11.3 Å². The van der Waals surface area contributed by atoms with Crippen LogP contribution in [-0.4, -0.2) is 33.6 Å². The molecule has 0 aliphatic carbocycles. The molecular formula is C18H19N3O2S. The van der Waals surface area contributed by atoms with E-state index in [0.717, 1.165) is 33.6 Å². The van der Waals surface area contributed by atoms with Gasteiger partial charge in [-0.25, -0.2) is 4.98 Å². The number of carboxylic acids is 1. The summed E-state index contributed by atoms with van der Waals surface area (Å²) in [7, 11) is 0. The molecule has 6 heteroatoms. The molecule has 3 aromatic rings. The van der Waals surface area contributed by atoms with Crippen molar-refractivity contribution in [1.29, 1.82) is 0 Å². The van der Waals surface area contributed by atoms with E-state index in [1.54, 1.807) is 17.5 Å². The smallest absolute Gasteiger partial charge is 0.321 e. The highest BCUT2D eigenvalue weighted by Crippen LogP contribution is 2.22. The minimum atomic E-state index is -0.837. The Morgan fingerprint density at radius 2 is 2.12 bits per heavy atom. The largest absolute Gasteiger partial charge is 0.480 e. The van der Waals surface area contributed by atoms with Crippen molar-refractivity contribution in [3.8, 4) is 0 Å². The van der Waals surface area contributed by atoms with Crippen molar-refractivity contribution in [1.82, 2.24) is 15.3 Å². The third-order valence-corrected chi connectivity index (χ3v) is 4.83. The lowest BCUT2D eigenvalue weighted by molar-refractivity contribution is -0.139. The van der Waals surface area contributed by atoms with Gasteiger partial charge in [0.25, 0.3) is 0 Å². The molecule has 2 heterocycles. The number of hydrogen-bond donors (Lipinski definition) is 2. The van der Waals surface area contributed by atoms with Gasteiger partial charge in [0.05, 0.1) is 15.2 Å². The van der Waals surface area contributed by atoms with Gasteiger partial charge in [-0.05, 0) is 43.1 Å². The molecule has 124 valence electrons. The van der Waals surface area contributed by atoms with E-state index in [4.69, 9.17) is 0 Å². The summed E-state index contributed by atoms with van der Waals surface area (Å²) in [6.45, 7) is 0.650. The number of rotatable bonds is 8. The zero-order valence-corrected chi connectivity index (χ0v) is 14.0. The van der Waals surface area contributed by atoms with E-state index in [1.807, 2.05) is 42.6 Å². The Morgan fingerprint density at radius 3 is 2.88 bits per heavy atom. The SMILES string of the molecule is O=C(O)[C@H](Cc1nc2ccccc2s1)NCCCc1cccnc1. The predicted octanol–water partition coefficient (Wildman–Crippen LogP) is 2.91. The highest BCUT2D eigenvalue weighted by Gasteiger charge is 2.19. The Labute approximate surface area is 144 Å². The van der Waals surface area contributed by atoms with E-state index in [9.17, 15) is 9.90 Å². The summed E-state index contributed by atoms with van der Waals surface area (Å²) in [6.07, 6.45) is 5.75. The highest BCUT2D eigenvalue weighted by molar-refractivity contribution is 7.18. The van der Waals surface area contributed by atoms with Crippen molar-refractivity contribution in [3.05, 3.63) is 59.4 Å². The third-order valence-electron chi connectivity index (χ3n) is 3.77. The van der Waals surface area contributed by atoms with Gasteiger partial charge in [0.15, 0.2) is 0 Å². The van der Waals surface area contributed by atoms with Crippen LogP contribution in [0.5, 0.6) is 0 Å². The molecule has 0 bridgehead atoms. The number of aromatic nitrogens is 2. The van der Waals surface area contributed by atoms with Gasteiger partial charge in [-0.15, -0.1) is 11.3 Å². The summed E-state index contributed by atoms with van der Waals surface area (Å²) in [5, 5.41) is 13.4. The molecule has 1 atom stereocenters. The Morgan fingerprint density at radius 1 is 1.25 bits per heavy atom. The van der Waals surface area contributed by atoms with Crippen LogP contribution in [0.3, 0.4) is 0 Å². The fraction of sp³-hybridized carbons (Fsp3) is 0.278. The van der Waals surface area contributed by atoms with Gasteiger partial charge in [-0.3, -0.25) is 9.78 Å². The van der Waals surface area contributed by atoms with Gasteiger partial charge in [-0.1, -0.05) is 18.2 Å². The number of pyridine rings is 1. The second kappa shape index (κ2) is 7.99. The number of benzene rings is 1. The first-order valence-corrected chi connectivity index (χ1v) is 8.73. The second-order valence-corrected chi connectivity index (χ2v) is 6.70. The molecule has 0 aliphatic rings. The summed E-state index contributed by atoms with van der Waals surface area (Å²) in [4.78, 5) is 20.1. The average Bonchev–Trinajstić information content (AvgIpc) is 3.01. The number of fused-ring (bicyclic) bond motifs is 1. The minimum Gasteiger partial charge on any atom is -0.480 e. The van der Waals surface area contributed by atoms with Crippen LogP contribution in [0.25, 0.3) is 10.2 Å². The number of carboxylic acid groups (broad SMARTS) is 1. The van der Waals surface area contributed by atoms with Crippen molar-refractivity contribution < 1.29 is 9.90 Å². The minimum absolute atomic E-state index is 0.404. The molecule has 0 saturated carbocycles. The summed E-state index contributed by atoms with van der Waals surface area (Å²) in [5.74, 6) is -0.837. The maximum absolute atomic E-state index is 11.5. The molecule has 24 heavy (non-hydrogen) atoms. The van der Waals surface area contributed by atoms with Crippen LogP contribution in [0, 0.1) is 0 Å². The van der Waals surface area contributed by atoms with Gasteiger partial charge in [0.2, 0.25) is 0 Å². The molecule has 0 radical (unpaired) electrons. The van der Waals surface area contributed by atoms with Gasteiger partial charge < -0.3 is 10.4 Å². The first-order chi connectivity index (χ1) is 11.7. The van der Waals surface area contributed by atoms with E-state index in [0.29, 0.717) is 13.0 Å². The zero-order valence-electron chi connectivity index (χ0n) is 13.2.